The molecule has 1 aromatic carbocycles. The Morgan fingerprint density at radius 1 is 1.05 bits per heavy atom. The van der Waals surface area contributed by atoms with E-state index in [0.717, 1.165) is 5.75 Å². The summed E-state index contributed by atoms with van der Waals surface area (Å²) in [5.74, 6) is 2.10. The molecular weight excluding hydrogens is 278 g/mol. The summed E-state index contributed by atoms with van der Waals surface area (Å²) in [6.45, 7) is 2.27. The molecule has 0 saturated carbocycles. The van der Waals surface area contributed by atoms with E-state index in [4.69, 9.17) is 4.74 Å². The molecule has 0 N–H and O–H groups in total. The van der Waals surface area contributed by atoms with Gasteiger partial charge in [0.25, 0.3) is 0 Å². The highest BCUT2D eigenvalue weighted by molar-refractivity contribution is 7.92. The average molecular weight is 304 g/mol. The summed E-state index contributed by atoms with van der Waals surface area (Å²) in [6.07, 6.45) is 10.3. The number of pyridine rings is 1. The van der Waals surface area contributed by atoms with Crippen LogP contribution in [0.2, 0.25) is 0 Å². The lowest BCUT2D eigenvalue weighted by Crippen LogP contribution is -2.25. The Morgan fingerprint density at radius 3 is 2.67 bits per heavy atom. The third kappa shape index (κ3) is 4.92. The molecule has 1 heterocycles. The van der Waals surface area contributed by atoms with Gasteiger partial charge >= 0.3 is 0 Å². The average Bonchev–Trinajstić information content (AvgIpc) is 2.53. The van der Waals surface area contributed by atoms with Crippen LogP contribution in [0.3, 0.4) is 0 Å². The van der Waals surface area contributed by atoms with Gasteiger partial charge in [-0.3, -0.25) is 0 Å². The summed E-state index contributed by atoms with van der Waals surface area (Å²) in [6, 6.07) is 10.5. The maximum absolute atomic E-state index is 5.29. The molecule has 1 aromatic heterocycles. The van der Waals surface area contributed by atoms with Gasteiger partial charge in [-0.25, -0.2) is 0 Å². The number of hydrogen-bond donors (Lipinski definition) is 0. The Morgan fingerprint density at radius 2 is 1.86 bits per heavy atom. The molecule has 21 heavy (non-hydrogen) atoms. The van der Waals surface area contributed by atoms with Gasteiger partial charge in [0.1, 0.15) is 5.75 Å². The second-order valence-corrected chi connectivity index (χ2v) is 6.42. The largest absolute Gasteiger partial charge is 0.497 e. The lowest BCUT2D eigenvalue weighted by molar-refractivity contribution is -0.463. The number of rotatable bonds is 9. The minimum atomic E-state index is 0.918. The van der Waals surface area contributed by atoms with Crippen molar-refractivity contribution in [3.05, 3.63) is 36.5 Å². The van der Waals surface area contributed by atoms with E-state index in [9.17, 15) is 0 Å². The molecule has 3 heteroatoms. The van der Waals surface area contributed by atoms with Crippen LogP contribution in [0.1, 0.15) is 45.4 Å². The third-order valence-electron chi connectivity index (χ3n) is 3.70. The molecule has 0 fully saturated rings. The number of hydrogen-bond acceptors (Lipinski definition) is 2. The quantitative estimate of drug-likeness (QED) is 0.478. The zero-order chi connectivity index (χ0) is 14.9. The van der Waals surface area contributed by atoms with Crippen LogP contribution in [0.4, 0.5) is 0 Å². The van der Waals surface area contributed by atoms with Crippen molar-refractivity contribution >= 4 is 22.9 Å². The van der Waals surface area contributed by atoms with Crippen molar-refractivity contribution in [1.82, 2.24) is 0 Å². The summed E-state index contributed by atoms with van der Waals surface area (Å²) < 4.78 is 7.57. The molecule has 2 rings (SSSR count). The minimum Gasteiger partial charge on any atom is -0.497 e. The molecule has 0 atom stereocenters. The van der Waals surface area contributed by atoms with Crippen molar-refractivity contribution in [2.75, 3.05) is 12.9 Å². The first-order valence-electron chi connectivity index (χ1n) is 7.97. The molecule has 0 bridgehead atoms. The molecule has 0 aliphatic carbocycles. The molecular formula is C18H26NOS+. The van der Waals surface area contributed by atoms with Crippen molar-refractivity contribution < 1.29 is 8.71 Å². The molecule has 2 nitrogen and oxygen atoms in total. The fraction of sp³-hybridized carbons (Fsp3) is 0.500. The predicted octanol–water partition coefficient (Wildman–Crippen LogP) is 4.99. The summed E-state index contributed by atoms with van der Waals surface area (Å²) in [5, 5.41) is 1.23. The first kappa shape index (κ1) is 16.2. The summed E-state index contributed by atoms with van der Waals surface area (Å²) >= 11 is 1.90. The normalized spacial score (nSPS) is 11.0. The van der Waals surface area contributed by atoms with Crippen LogP contribution in [0.15, 0.2) is 36.5 Å². The first-order chi connectivity index (χ1) is 10.3. The highest BCUT2D eigenvalue weighted by atomic mass is 32.2. The fourth-order valence-electron chi connectivity index (χ4n) is 2.46. The molecule has 0 aliphatic rings. The lowest BCUT2D eigenvalue weighted by atomic mass is 10.1. The number of fused-ring (bicyclic) bond motifs is 1. The van der Waals surface area contributed by atoms with Gasteiger partial charge in [-0.05, 0) is 24.6 Å². The number of ether oxygens (including phenoxy) is 1. The topological polar surface area (TPSA) is 13.1 Å². The van der Waals surface area contributed by atoms with Gasteiger partial charge in [0.15, 0.2) is 18.1 Å². The van der Waals surface area contributed by atoms with Gasteiger partial charge in [0, 0.05) is 12.1 Å². The van der Waals surface area contributed by atoms with E-state index < -0.39 is 0 Å². The Bertz CT molecular complexity index is 556. The summed E-state index contributed by atoms with van der Waals surface area (Å²) in [4.78, 5) is 0. The maximum atomic E-state index is 5.29. The van der Waals surface area contributed by atoms with E-state index >= 15 is 0 Å². The molecule has 114 valence electrons. The fourth-order valence-corrected chi connectivity index (χ4v) is 3.45. The first-order valence-corrected chi connectivity index (χ1v) is 8.91. The molecule has 0 unspecified atom stereocenters. The van der Waals surface area contributed by atoms with E-state index in [-0.39, 0.29) is 0 Å². The smallest absolute Gasteiger partial charge is 0.226 e. The van der Waals surface area contributed by atoms with E-state index in [0.29, 0.717) is 0 Å². The maximum Gasteiger partial charge on any atom is 0.226 e. The summed E-state index contributed by atoms with van der Waals surface area (Å²) in [5.41, 5.74) is 1.26. The summed E-state index contributed by atoms with van der Waals surface area (Å²) in [7, 11) is 1.71. The van der Waals surface area contributed by atoms with E-state index in [1.807, 2.05) is 18.0 Å². The van der Waals surface area contributed by atoms with Gasteiger partial charge in [-0.15, -0.1) is 3.97 Å². The van der Waals surface area contributed by atoms with E-state index in [1.165, 1.54) is 55.2 Å². The number of nitrogens with zero attached hydrogens (tertiary/aromatic N) is 1. The van der Waals surface area contributed by atoms with Gasteiger partial charge in [0.2, 0.25) is 5.52 Å². The van der Waals surface area contributed by atoms with Gasteiger partial charge in [-0.2, -0.15) is 0 Å². The van der Waals surface area contributed by atoms with E-state index in [1.54, 1.807) is 7.11 Å². The third-order valence-corrected chi connectivity index (χ3v) is 4.77. The van der Waals surface area contributed by atoms with Crippen LogP contribution in [0, 0.1) is 0 Å². The Balaban J connectivity index is 1.87. The monoisotopic (exact) mass is 304 g/mol. The predicted molar refractivity (Wildman–Crippen MR) is 91.9 cm³/mol. The zero-order valence-corrected chi connectivity index (χ0v) is 14.0. The molecule has 0 spiro atoms. The molecule has 0 saturated heterocycles. The lowest BCUT2D eigenvalue weighted by Gasteiger charge is -2.02. The molecule has 0 radical (unpaired) electrons. The van der Waals surface area contributed by atoms with Crippen molar-refractivity contribution in [3.8, 4) is 5.75 Å². The number of aromatic nitrogens is 1. The second kappa shape index (κ2) is 8.93. The van der Waals surface area contributed by atoms with E-state index in [2.05, 4.69) is 41.4 Å². The highest BCUT2D eigenvalue weighted by Gasteiger charge is 2.10. The SMILES string of the molecule is CCCCCCCCS[n+]1cccc2cc(OC)ccc21. The van der Waals surface area contributed by atoms with Crippen LogP contribution >= 0.6 is 11.9 Å². The highest BCUT2D eigenvalue weighted by Crippen LogP contribution is 2.19. The minimum absolute atomic E-state index is 0.918. The Hall–Kier alpha value is -1.22. The van der Waals surface area contributed by atoms with Crippen molar-refractivity contribution in [1.29, 1.82) is 0 Å². The number of methoxy groups -OCH3 is 1. The van der Waals surface area contributed by atoms with Gasteiger partial charge in [0.05, 0.1) is 18.2 Å². The van der Waals surface area contributed by atoms with Crippen LogP contribution < -0.4 is 8.71 Å². The van der Waals surface area contributed by atoms with Gasteiger partial charge < -0.3 is 4.74 Å². The molecule has 0 aliphatic heterocycles. The van der Waals surface area contributed by atoms with Gasteiger partial charge in [-0.1, -0.05) is 39.0 Å². The zero-order valence-electron chi connectivity index (χ0n) is 13.2. The number of benzene rings is 1. The van der Waals surface area contributed by atoms with Crippen LogP contribution in [-0.4, -0.2) is 12.9 Å². The van der Waals surface area contributed by atoms with Crippen LogP contribution in [-0.2, 0) is 0 Å². The molecule has 2 aromatic rings. The molecule has 0 amide bonds. The standard InChI is InChI=1S/C18H26NOS/c1-3-4-5-6-7-8-14-21-19-13-9-10-16-15-17(20-2)11-12-18(16)19/h9-13,15H,3-8,14H2,1-2H3/q+1. The van der Waals surface area contributed by atoms with Crippen molar-refractivity contribution in [2.24, 2.45) is 0 Å². The van der Waals surface area contributed by atoms with Crippen molar-refractivity contribution in [3.63, 3.8) is 0 Å². The van der Waals surface area contributed by atoms with Crippen LogP contribution in [0.5, 0.6) is 5.75 Å². The van der Waals surface area contributed by atoms with Crippen LogP contribution in [0.25, 0.3) is 10.9 Å². The number of unbranched alkanes of at least 4 members (excludes halogenated alkanes) is 5. The Labute approximate surface area is 132 Å². The second-order valence-electron chi connectivity index (χ2n) is 5.36. The Kier molecular flexibility index (Phi) is 6.87. The van der Waals surface area contributed by atoms with Crippen molar-refractivity contribution in [2.45, 2.75) is 45.4 Å².